The summed E-state index contributed by atoms with van der Waals surface area (Å²) >= 11 is 6.09. The second-order valence-corrected chi connectivity index (χ2v) is 7.40. The molecule has 8 heteroatoms. The molecule has 1 saturated heterocycles. The van der Waals surface area contributed by atoms with Gasteiger partial charge in [-0.15, -0.1) is 0 Å². The number of carbonyl (C=O) groups excluding carboxylic acids is 1. The van der Waals surface area contributed by atoms with Gasteiger partial charge in [0.2, 0.25) is 0 Å². The van der Waals surface area contributed by atoms with Crippen molar-refractivity contribution in [2.24, 2.45) is 0 Å². The fraction of sp³-hybridized carbons (Fsp3) is 0.273. The van der Waals surface area contributed by atoms with E-state index in [1.165, 1.54) is 0 Å². The third-order valence-corrected chi connectivity index (χ3v) is 5.46. The maximum absolute atomic E-state index is 12.7. The van der Waals surface area contributed by atoms with Crippen LogP contribution in [0, 0.1) is 0 Å². The lowest BCUT2D eigenvalue weighted by molar-refractivity contribution is 0.208. The zero-order valence-electron chi connectivity index (χ0n) is 16.9. The molecule has 0 saturated carbocycles. The molecule has 0 bridgehead atoms. The van der Waals surface area contributed by atoms with E-state index in [0.29, 0.717) is 35.3 Å². The highest BCUT2D eigenvalue weighted by Gasteiger charge is 2.23. The molecule has 7 nitrogen and oxygen atoms in total. The number of pyridine rings is 1. The molecule has 4 rings (SSSR count). The molecule has 156 valence electrons. The van der Waals surface area contributed by atoms with E-state index in [1.54, 1.807) is 38.6 Å². The lowest BCUT2D eigenvalue weighted by Gasteiger charge is -2.36. The summed E-state index contributed by atoms with van der Waals surface area (Å²) in [5.74, 6) is 1.19. The summed E-state index contributed by atoms with van der Waals surface area (Å²) < 4.78 is 10.5. The number of rotatable bonds is 4. The summed E-state index contributed by atoms with van der Waals surface area (Å²) in [7, 11) is 3.15. The number of ether oxygens (including phenoxy) is 2. The van der Waals surface area contributed by atoms with Gasteiger partial charge in [-0.2, -0.15) is 0 Å². The van der Waals surface area contributed by atoms with Gasteiger partial charge in [0, 0.05) is 60.2 Å². The summed E-state index contributed by atoms with van der Waals surface area (Å²) in [6.07, 6.45) is 1.80. The number of hydrogen-bond acceptors (Lipinski definition) is 5. The van der Waals surface area contributed by atoms with Crippen LogP contribution >= 0.6 is 11.6 Å². The first-order valence-corrected chi connectivity index (χ1v) is 10.0. The molecule has 0 unspecified atom stereocenters. The van der Waals surface area contributed by atoms with E-state index in [-0.39, 0.29) is 6.03 Å². The van der Waals surface area contributed by atoms with Gasteiger partial charge in [0.1, 0.15) is 0 Å². The Morgan fingerprint density at radius 1 is 1.00 bits per heavy atom. The largest absolute Gasteiger partial charge is 0.493 e. The predicted molar refractivity (Wildman–Crippen MR) is 119 cm³/mol. The SMILES string of the molecule is COc1ccc(NC(=O)N2CCN(c3ccnc4cc(Cl)ccc34)CC2)cc1OC. The van der Waals surface area contributed by atoms with Crippen LogP contribution in [0.3, 0.4) is 0 Å². The fourth-order valence-corrected chi connectivity index (χ4v) is 3.82. The van der Waals surface area contributed by atoms with Crippen molar-refractivity contribution in [3.05, 3.63) is 53.7 Å². The van der Waals surface area contributed by atoms with Crippen molar-refractivity contribution < 1.29 is 14.3 Å². The summed E-state index contributed by atoms with van der Waals surface area (Å²) in [5.41, 5.74) is 2.64. The summed E-state index contributed by atoms with van der Waals surface area (Å²) in [4.78, 5) is 21.2. The Hall–Kier alpha value is -3.19. The molecular formula is C22H23ClN4O3. The first-order valence-electron chi connectivity index (χ1n) is 9.66. The lowest BCUT2D eigenvalue weighted by Crippen LogP contribution is -2.50. The quantitative estimate of drug-likeness (QED) is 0.675. The van der Waals surface area contributed by atoms with E-state index >= 15 is 0 Å². The lowest BCUT2D eigenvalue weighted by atomic mass is 10.1. The van der Waals surface area contributed by atoms with Gasteiger partial charge >= 0.3 is 6.03 Å². The average Bonchev–Trinajstić information content (AvgIpc) is 2.78. The molecule has 1 aliphatic rings. The number of piperazine rings is 1. The molecule has 1 aromatic heterocycles. The van der Waals surface area contributed by atoms with E-state index in [4.69, 9.17) is 21.1 Å². The molecule has 0 spiro atoms. The summed E-state index contributed by atoms with van der Waals surface area (Å²) in [5, 5.41) is 4.67. The van der Waals surface area contributed by atoms with Crippen LogP contribution in [-0.4, -0.2) is 56.3 Å². The van der Waals surface area contributed by atoms with Crippen LogP contribution in [0.15, 0.2) is 48.7 Å². The van der Waals surface area contributed by atoms with Crippen molar-refractivity contribution in [1.82, 2.24) is 9.88 Å². The molecule has 1 aliphatic heterocycles. The highest BCUT2D eigenvalue weighted by atomic mass is 35.5. The number of nitrogens with zero attached hydrogens (tertiary/aromatic N) is 3. The number of methoxy groups -OCH3 is 2. The molecule has 0 radical (unpaired) electrons. The Morgan fingerprint density at radius 2 is 1.77 bits per heavy atom. The number of nitrogens with one attached hydrogen (secondary N) is 1. The minimum atomic E-state index is -0.131. The number of aromatic nitrogens is 1. The van der Waals surface area contributed by atoms with Crippen molar-refractivity contribution in [2.75, 3.05) is 50.6 Å². The molecule has 30 heavy (non-hydrogen) atoms. The van der Waals surface area contributed by atoms with Crippen molar-refractivity contribution in [1.29, 1.82) is 0 Å². The van der Waals surface area contributed by atoms with E-state index in [2.05, 4.69) is 15.2 Å². The minimum absolute atomic E-state index is 0.131. The predicted octanol–water partition coefficient (Wildman–Crippen LogP) is 4.26. The van der Waals surface area contributed by atoms with Crippen LogP contribution < -0.4 is 19.7 Å². The zero-order valence-corrected chi connectivity index (χ0v) is 17.6. The third-order valence-electron chi connectivity index (χ3n) is 5.22. The standard InChI is InChI=1S/C22H23ClN4O3/c1-29-20-6-4-16(14-21(20)30-2)25-22(28)27-11-9-26(10-12-27)19-7-8-24-18-13-15(23)3-5-17(18)19/h3-8,13-14H,9-12H2,1-2H3,(H,25,28). The topological polar surface area (TPSA) is 66.9 Å². The van der Waals surface area contributed by atoms with Crippen LogP contribution in [0.2, 0.25) is 5.02 Å². The molecule has 2 amide bonds. The maximum atomic E-state index is 12.7. The first-order chi connectivity index (χ1) is 14.6. The second kappa shape index (κ2) is 8.67. The van der Waals surface area contributed by atoms with E-state index in [1.807, 2.05) is 29.2 Å². The second-order valence-electron chi connectivity index (χ2n) is 6.97. The number of fused-ring (bicyclic) bond motifs is 1. The zero-order chi connectivity index (χ0) is 21.1. The van der Waals surface area contributed by atoms with Gasteiger partial charge in [0.15, 0.2) is 11.5 Å². The van der Waals surface area contributed by atoms with Gasteiger partial charge in [0.05, 0.1) is 19.7 Å². The van der Waals surface area contributed by atoms with Crippen LogP contribution in [0.1, 0.15) is 0 Å². The van der Waals surface area contributed by atoms with Gasteiger partial charge in [-0.25, -0.2) is 4.79 Å². The third kappa shape index (κ3) is 4.07. The number of amides is 2. The number of urea groups is 1. The van der Waals surface area contributed by atoms with Gasteiger partial charge in [-0.05, 0) is 36.4 Å². The number of hydrogen-bond donors (Lipinski definition) is 1. The summed E-state index contributed by atoms with van der Waals surface area (Å²) in [6, 6.07) is 12.9. The van der Waals surface area contributed by atoms with Crippen molar-refractivity contribution >= 4 is 39.9 Å². The van der Waals surface area contributed by atoms with Gasteiger partial charge in [0.25, 0.3) is 0 Å². The smallest absolute Gasteiger partial charge is 0.321 e. The van der Waals surface area contributed by atoms with Gasteiger partial charge in [-0.1, -0.05) is 11.6 Å². The number of anilines is 2. The molecule has 2 heterocycles. The average molecular weight is 427 g/mol. The highest BCUT2D eigenvalue weighted by molar-refractivity contribution is 6.31. The van der Waals surface area contributed by atoms with Crippen molar-refractivity contribution in [2.45, 2.75) is 0 Å². The fourth-order valence-electron chi connectivity index (χ4n) is 3.65. The first kappa shape index (κ1) is 20.1. The van der Waals surface area contributed by atoms with Gasteiger partial charge < -0.3 is 24.6 Å². The van der Waals surface area contributed by atoms with Crippen molar-refractivity contribution in [3.63, 3.8) is 0 Å². The maximum Gasteiger partial charge on any atom is 0.321 e. The molecule has 3 aromatic rings. The minimum Gasteiger partial charge on any atom is -0.493 e. The molecule has 0 aliphatic carbocycles. The molecule has 0 atom stereocenters. The molecule has 1 N–H and O–H groups in total. The van der Waals surface area contributed by atoms with Crippen LogP contribution in [0.4, 0.5) is 16.2 Å². The van der Waals surface area contributed by atoms with Crippen LogP contribution in [-0.2, 0) is 0 Å². The Balaban J connectivity index is 1.42. The van der Waals surface area contributed by atoms with Crippen LogP contribution in [0.5, 0.6) is 11.5 Å². The summed E-state index contributed by atoms with van der Waals surface area (Å²) in [6.45, 7) is 2.72. The Kier molecular flexibility index (Phi) is 5.81. The van der Waals surface area contributed by atoms with Gasteiger partial charge in [-0.3, -0.25) is 4.98 Å². The molecule has 1 fully saturated rings. The highest BCUT2D eigenvalue weighted by Crippen LogP contribution is 2.30. The molecular weight excluding hydrogens is 404 g/mol. The number of carbonyl (C=O) groups is 1. The van der Waals surface area contributed by atoms with Crippen molar-refractivity contribution in [3.8, 4) is 11.5 Å². The normalized spacial score (nSPS) is 14.0. The Bertz CT molecular complexity index is 1070. The van der Waals surface area contributed by atoms with Crippen LogP contribution in [0.25, 0.3) is 10.9 Å². The monoisotopic (exact) mass is 426 g/mol. The van der Waals surface area contributed by atoms with E-state index in [0.717, 1.165) is 29.7 Å². The van der Waals surface area contributed by atoms with E-state index in [9.17, 15) is 4.79 Å². The Labute approximate surface area is 180 Å². The Morgan fingerprint density at radius 3 is 2.50 bits per heavy atom. The number of halogens is 1. The van der Waals surface area contributed by atoms with E-state index < -0.39 is 0 Å². The number of benzene rings is 2. The molecule has 2 aromatic carbocycles.